The van der Waals surface area contributed by atoms with Crippen LogP contribution < -0.4 is 5.73 Å². The van der Waals surface area contributed by atoms with Gasteiger partial charge in [0.2, 0.25) is 0 Å². The second-order valence-corrected chi connectivity index (χ2v) is 6.83. The number of hydrogen-bond donors (Lipinski definition) is 1. The van der Waals surface area contributed by atoms with Crippen LogP contribution in [-0.2, 0) is 0 Å². The Hall–Kier alpha value is -1.49. The fraction of sp³-hybridized carbons (Fsp3) is 0.125. The molecule has 0 radical (unpaired) electrons. The maximum atomic E-state index is 6.15. The quantitative estimate of drug-likeness (QED) is 0.667. The molecule has 2 N–H and O–H groups in total. The lowest BCUT2D eigenvalue weighted by Crippen LogP contribution is -2.16. The first-order chi connectivity index (χ1) is 10.6. The SMILES string of the molecule is NC1=[N+](/N=C/c2cccc(Cl)c2Cl)C[C@@H](c2ccccc2)S1. The molecule has 0 amide bonds. The first-order valence-corrected chi connectivity index (χ1v) is 8.38. The highest BCUT2D eigenvalue weighted by molar-refractivity contribution is 8.13. The summed E-state index contributed by atoms with van der Waals surface area (Å²) in [4.78, 5) is 0. The molecule has 22 heavy (non-hydrogen) atoms. The molecule has 1 aliphatic rings. The zero-order chi connectivity index (χ0) is 15.5. The fourth-order valence-electron chi connectivity index (χ4n) is 2.19. The van der Waals surface area contributed by atoms with Crippen molar-refractivity contribution in [3.05, 3.63) is 69.7 Å². The lowest BCUT2D eigenvalue weighted by molar-refractivity contribution is -0.527. The van der Waals surface area contributed by atoms with Crippen LogP contribution in [-0.4, -0.2) is 22.6 Å². The minimum Gasteiger partial charge on any atom is -0.279 e. The third-order valence-corrected chi connectivity index (χ3v) is 5.34. The van der Waals surface area contributed by atoms with Crippen LogP contribution >= 0.6 is 35.0 Å². The van der Waals surface area contributed by atoms with E-state index in [1.165, 1.54) is 5.56 Å². The van der Waals surface area contributed by atoms with Gasteiger partial charge in [-0.25, -0.2) is 0 Å². The summed E-state index contributed by atoms with van der Waals surface area (Å²) in [7, 11) is 0. The maximum absolute atomic E-state index is 6.15. The molecule has 0 bridgehead atoms. The van der Waals surface area contributed by atoms with Gasteiger partial charge >= 0.3 is 5.17 Å². The largest absolute Gasteiger partial charge is 0.330 e. The minimum absolute atomic E-state index is 0.285. The van der Waals surface area contributed by atoms with Crippen molar-refractivity contribution in [2.45, 2.75) is 5.25 Å². The van der Waals surface area contributed by atoms with Gasteiger partial charge in [0.1, 0.15) is 6.54 Å². The van der Waals surface area contributed by atoms with E-state index in [2.05, 4.69) is 17.2 Å². The Balaban J connectivity index is 1.77. The number of rotatable bonds is 3. The highest BCUT2D eigenvalue weighted by atomic mass is 35.5. The molecule has 0 aliphatic carbocycles. The number of benzene rings is 2. The Bertz CT molecular complexity index is 744. The van der Waals surface area contributed by atoms with Gasteiger partial charge in [0.05, 0.1) is 21.5 Å². The molecule has 3 rings (SSSR count). The number of nitrogens with two attached hydrogens (primary N) is 1. The second kappa shape index (κ2) is 6.73. The molecule has 0 unspecified atom stereocenters. The van der Waals surface area contributed by atoms with Crippen LogP contribution in [0.25, 0.3) is 0 Å². The van der Waals surface area contributed by atoms with Gasteiger partial charge in [-0.15, -0.1) is 4.68 Å². The summed E-state index contributed by atoms with van der Waals surface area (Å²) >= 11 is 13.8. The molecule has 1 aliphatic heterocycles. The van der Waals surface area contributed by atoms with Crippen molar-refractivity contribution in [2.24, 2.45) is 10.8 Å². The summed E-state index contributed by atoms with van der Waals surface area (Å²) in [5, 5.41) is 6.42. The summed E-state index contributed by atoms with van der Waals surface area (Å²) in [5.74, 6) is 0. The number of nitrogens with zero attached hydrogens (tertiary/aromatic N) is 2. The van der Waals surface area contributed by atoms with E-state index in [4.69, 9.17) is 28.9 Å². The predicted molar refractivity (Wildman–Crippen MR) is 95.2 cm³/mol. The Morgan fingerprint density at radius 3 is 2.68 bits per heavy atom. The van der Waals surface area contributed by atoms with E-state index in [-0.39, 0.29) is 5.25 Å². The van der Waals surface area contributed by atoms with Crippen LogP contribution in [0, 0.1) is 0 Å². The van der Waals surface area contributed by atoms with Crippen LogP contribution in [0.3, 0.4) is 0 Å². The molecule has 0 saturated heterocycles. The summed E-state index contributed by atoms with van der Waals surface area (Å²) in [6.07, 6.45) is 1.69. The van der Waals surface area contributed by atoms with Crippen LogP contribution in [0.1, 0.15) is 16.4 Å². The van der Waals surface area contributed by atoms with E-state index in [1.54, 1.807) is 28.7 Å². The van der Waals surface area contributed by atoms with Crippen LogP contribution in [0.2, 0.25) is 10.0 Å². The van der Waals surface area contributed by atoms with Crippen LogP contribution in [0.4, 0.5) is 0 Å². The van der Waals surface area contributed by atoms with Crippen molar-refractivity contribution in [3.8, 4) is 0 Å². The van der Waals surface area contributed by atoms with Crippen LogP contribution in [0.5, 0.6) is 0 Å². The molecule has 0 aromatic heterocycles. The van der Waals surface area contributed by atoms with Crippen molar-refractivity contribution < 1.29 is 4.68 Å². The molecule has 2 aromatic carbocycles. The summed E-state index contributed by atoms with van der Waals surface area (Å²) < 4.78 is 1.79. The topological polar surface area (TPSA) is 41.4 Å². The number of halogens is 2. The Morgan fingerprint density at radius 2 is 1.91 bits per heavy atom. The predicted octanol–water partition coefficient (Wildman–Crippen LogP) is 4.14. The van der Waals surface area contributed by atoms with Crippen molar-refractivity contribution >= 4 is 46.3 Å². The van der Waals surface area contributed by atoms with Gasteiger partial charge in [-0.05, 0) is 23.4 Å². The Labute approximate surface area is 143 Å². The molecule has 1 atom stereocenters. The van der Waals surface area contributed by atoms with E-state index in [0.717, 1.165) is 12.1 Å². The van der Waals surface area contributed by atoms with Gasteiger partial charge in [-0.3, -0.25) is 5.73 Å². The molecular formula is C16H14Cl2N3S+. The number of hydrazone groups is 1. The standard InChI is InChI=1S/C16H13Cl2N3S/c17-13-8-4-7-12(15(13)18)9-20-21-10-14(22-16(21)19)11-5-2-1-3-6-11/h1-9,14,19H,10H2/p+1/b20-9+/t14-/m0/s1. The average molecular weight is 351 g/mol. The monoisotopic (exact) mass is 350 g/mol. The third-order valence-electron chi connectivity index (χ3n) is 3.35. The smallest absolute Gasteiger partial charge is 0.279 e. The summed E-state index contributed by atoms with van der Waals surface area (Å²) in [6.45, 7) is 0.731. The molecule has 0 fully saturated rings. The van der Waals surface area contributed by atoms with Gasteiger partial charge in [0.15, 0.2) is 0 Å². The zero-order valence-electron chi connectivity index (χ0n) is 11.6. The van der Waals surface area contributed by atoms with Crippen molar-refractivity contribution in [1.82, 2.24) is 0 Å². The van der Waals surface area contributed by atoms with E-state index in [0.29, 0.717) is 15.2 Å². The molecule has 0 saturated carbocycles. The Kier molecular flexibility index (Phi) is 4.71. The second-order valence-electron chi connectivity index (χ2n) is 4.83. The van der Waals surface area contributed by atoms with Gasteiger partial charge in [0, 0.05) is 5.56 Å². The normalized spacial score (nSPS) is 18.4. The van der Waals surface area contributed by atoms with Crippen molar-refractivity contribution in [1.29, 1.82) is 0 Å². The first-order valence-electron chi connectivity index (χ1n) is 6.74. The van der Waals surface area contributed by atoms with Crippen LogP contribution in [0.15, 0.2) is 53.6 Å². The molecule has 1 heterocycles. The molecule has 6 heteroatoms. The highest BCUT2D eigenvalue weighted by Gasteiger charge is 2.29. The van der Waals surface area contributed by atoms with Gasteiger partial charge in [-0.2, -0.15) is 0 Å². The van der Waals surface area contributed by atoms with E-state index in [1.807, 2.05) is 30.3 Å². The fourth-order valence-corrected chi connectivity index (χ4v) is 3.59. The number of amidine groups is 1. The molecule has 2 aromatic rings. The maximum Gasteiger partial charge on any atom is 0.330 e. The lowest BCUT2D eigenvalue weighted by Gasteiger charge is -2.05. The van der Waals surface area contributed by atoms with Gasteiger partial charge < -0.3 is 0 Å². The van der Waals surface area contributed by atoms with Gasteiger partial charge in [-0.1, -0.05) is 70.8 Å². The van der Waals surface area contributed by atoms with E-state index >= 15 is 0 Å². The molecular weight excluding hydrogens is 337 g/mol. The third kappa shape index (κ3) is 3.29. The van der Waals surface area contributed by atoms with Crippen molar-refractivity contribution in [3.63, 3.8) is 0 Å². The van der Waals surface area contributed by atoms with E-state index in [9.17, 15) is 0 Å². The Morgan fingerprint density at radius 1 is 1.14 bits per heavy atom. The highest BCUT2D eigenvalue weighted by Crippen LogP contribution is 2.33. The molecule has 0 spiro atoms. The summed E-state index contributed by atoms with van der Waals surface area (Å²) in [5.41, 5.74) is 8.09. The molecule has 3 nitrogen and oxygen atoms in total. The van der Waals surface area contributed by atoms with E-state index < -0.39 is 0 Å². The first kappa shape index (κ1) is 15.4. The average Bonchev–Trinajstić information content (AvgIpc) is 2.91. The summed E-state index contributed by atoms with van der Waals surface area (Å²) in [6, 6.07) is 15.7. The number of thioether (sulfide) groups is 1. The molecule has 112 valence electrons. The number of hydrogen-bond acceptors (Lipinski definition) is 3. The zero-order valence-corrected chi connectivity index (χ0v) is 13.9. The van der Waals surface area contributed by atoms with Crippen molar-refractivity contribution in [2.75, 3.05) is 6.54 Å². The minimum atomic E-state index is 0.285. The van der Waals surface area contributed by atoms with Gasteiger partial charge in [0.25, 0.3) is 0 Å². The lowest BCUT2D eigenvalue weighted by atomic mass is 10.1.